The van der Waals surface area contributed by atoms with Gasteiger partial charge in [-0.15, -0.1) is 6.58 Å². The first-order valence-electron chi connectivity index (χ1n) is 12.5. The van der Waals surface area contributed by atoms with Gasteiger partial charge in [0.15, 0.2) is 5.78 Å². The number of Topliss-reactive ketones (excluding diaryl/α,β-unsaturated/α-hetero) is 1. The largest absolute Gasteiger partial charge is 0.460 e. The molecule has 2 saturated heterocycles. The molecule has 0 saturated carbocycles. The van der Waals surface area contributed by atoms with Gasteiger partial charge in [0.1, 0.15) is 19.3 Å². The molecule has 2 aliphatic heterocycles. The first-order chi connectivity index (χ1) is 18.1. The smallest absolute Gasteiger partial charge is 0.324 e. The van der Waals surface area contributed by atoms with Gasteiger partial charge in [0.2, 0.25) is 6.29 Å². The van der Waals surface area contributed by atoms with Crippen molar-refractivity contribution in [2.75, 3.05) is 6.61 Å². The Bertz CT molecular complexity index is 1300. The molecule has 190 valence electrons. The molecule has 0 bridgehead atoms. The number of hydrogen-bond acceptors (Lipinski definition) is 7. The van der Waals surface area contributed by atoms with Crippen LogP contribution in [0.25, 0.3) is 10.8 Å². The Labute approximate surface area is 215 Å². The Morgan fingerprint density at radius 2 is 1.78 bits per heavy atom. The summed E-state index contributed by atoms with van der Waals surface area (Å²) in [5.41, 5.74) is 1.75. The highest BCUT2D eigenvalue weighted by atomic mass is 16.7. The Hall–Kier alpha value is -3.81. The van der Waals surface area contributed by atoms with Crippen LogP contribution in [-0.2, 0) is 35.2 Å². The third-order valence-corrected chi connectivity index (χ3v) is 7.03. The van der Waals surface area contributed by atoms with Crippen LogP contribution in [0.3, 0.4) is 0 Å². The van der Waals surface area contributed by atoms with Crippen LogP contribution in [0.5, 0.6) is 0 Å². The number of carbonyl (C=O) groups is 3. The number of benzene rings is 3. The van der Waals surface area contributed by atoms with Crippen molar-refractivity contribution in [3.63, 3.8) is 0 Å². The minimum atomic E-state index is -1.05. The summed E-state index contributed by atoms with van der Waals surface area (Å²) in [6.07, 6.45) is 1.17. The van der Waals surface area contributed by atoms with Crippen molar-refractivity contribution in [1.82, 2.24) is 5.32 Å². The lowest BCUT2D eigenvalue weighted by Gasteiger charge is -2.35. The molecule has 5 rings (SSSR count). The van der Waals surface area contributed by atoms with Crippen LogP contribution >= 0.6 is 0 Å². The first kappa shape index (κ1) is 24.9. The predicted molar refractivity (Wildman–Crippen MR) is 137 cm³/mol. The normalized spacial score (nSPS) is 24.9. The van der Waals surface area contributed by atoms with E-state index in [1.54, 1.807) is 6.08 Å². The highest BCUT2D eigenvalue weighted by molar-refractivity contribution is 5.91. The maximum absolute atomic E-state index is 13.4. The number of esters is 2. The zero-order valence-corrected chi connectivity index (χ0v) is 20.4. The van der Waals surface area contributed by atoms with Crippen LogP contribution in [0.1, 0.15) is 30.0 Å². The Morgan fingerprint density at radius 1 is 1.03 bits per heavy atom. The van der Waals surface area contributed by atoms with Gasteiger partial charge in [-0.25, -0.2) is 0 Å². The number of ether oxygens (including phenoxy) is 3. The summed E-state index contributed by atoms with van der Waals surface area (Å²) in [7, 11) is 0. The molecular weight excluding hydrogens is 470 g/mol. The maximum Gasteiger partial charge on any atom is 0.324 e. The van der Waals surface area contributed by atoms with E-state index in [-0.39, 0.29) is 25.4 Å². The van der Waals surface area contributed by atoms with Gasteiger partial charge < -0.3 is 14.2 Å². The molecule has 37 heavy (non-hydrogen) atoms. The number of fused-ring (bicyclic) bond motifs is 2. The lowest BCUT2D eigenvalue weighted by molar-refractivity contribution is -0.211. The van der Waals surface area contributed by atoms with Crippen molar-refractivity contribution in [1.29, 1.82) is 0 Å². The second kappa shape index (κ2) is 11.1. The lowest BCUT2D eigenvalue weighted by Crippen LogP contribution is -2.50. The van der Waals surface area contributed by atoms with Crippen molar-refractivity contribution < 1.29 is 28.6 Å². The fourth-order valence-electron chi connectivity index (χ4n) is 5.31. The standard InChI is InChI=1S/C30H29NO6/c1-2-3-16-24(33)37-30-26-25(23(32)18-36-30)27(22-15-9-13-20-12-7-8-14-21(20)22)31-28(26)29(34)35-17-19-10-5-4-6-11-19/h2,4-15,25-28,30-31H,1,3,16-18H2/t25-,26+,27-,28-,30+/m0/s1. The summed E-state index contributed by atoms with van der Waals surface area (Å²) in [5.74, 6) is -2.51. The molecule has 0 aromatic heterocycles. The van der Waals surface area contributed by atoms with Crippen LogP contribution in [0.15, 0.2) is 85.5 Å². The molecule has 0 spiro atoms. The van der Waals surface area contributed by atoms with Crippen molar-refractivity contribution in [3.8, 4) is 0 Å². The number of allylic oxidation sites excluding steroid dienone is 1. The molecular formula is C30H29NO6. The van der Waals surface area contributed by atoms with Gasteiger partial charge >= 0.3 is 11.9 Å². The fourth-order valence-corrected chi connectivity index (χ4v) is 5.31. The molecule has 7 nitrogen and oxygen atoms in total. The van der Waals surface area contributed by atoms with Crippen LogP contribution < -0.4 is 5.32 Å². The van der Waals surface area contributed by atoms with Gasteiger partial charge in [-0.1, -0.05) is 78.9 Å². The van der Waals surface area contributed by atoms with E-state index in [1.165, 1.54) is 0 Å². The van der Waals surface area contributed by atoms with Crippen LogP contribution in [0.2, 0.25) is 0 Å². The van der Waals surface area contributed by atoms with E-state index in [2.05, 4.69) is 11.9 Å². The molecule has 1 N–H and O–H groups in total. The molecule has 0 unspecified atom stereocenters. The minimum absolute atomic E-state index is 0.0900. The predicted octanol–water partition coefficient (Wildman–Crippen LogP) is 4.26. The van der Waals surface area contributed by atoms with E-state index in [1.807, 2.05) is 72.8 Å². The maximum atomic E-state index is 13.4. The Kier molecular flexibility index (Phi) is 7.44. The molecule has 2 aliphatic rings. The number of carbonyl (C=O) groups excluding carboxylic acids is 3. The SMILES string of the molecule is C=CCCC(=O)O[C@H]1OCC(=O)[C@H]2[C@@H]1[C@@H](C(=O)OCc1ccccc1)N[C@H]2c1cccc2ccccc12. The van der Waals surface area contributed by atoms with Gasteiger partial charge in [0, 0.05) is 12.5 Å². The van der Waals surface area contributed by atoms with Crippen molar-refractivity contribution in [2.24, 2.45) is 11.8 Å². The zero-order valence-electron chi connectivity index (χ0n) is 20.4. The molecule has 5 atom stereocenters. The van der Waals surface area contributed by atoms with Crippen LogP contribution in [0, 0.1) is 11.8 Å². The van der Waals surface area contributed by atoms with Crippen molar-refractivity contribution in [2.45, 2.75) is 37.8 Å². The summed E-state index contributed by atoms with van der Waals surface area (Å²) < 4.78 is 17.0. The number of rotatable bonds is 8. The quantitative estimate of drug-likeness (QED) is 0.366. The monoisotopic (exact) mass is 499 g/mol. The Balaban J connectivity index is 1.48. The highest BCUT2D eigenvalue weighted by Crippen LogP contribution is 2.45. The van der Waals surface area contributed by atoms with E-state index in [0.717, 1.165) is 21.9 Å². The summed E-state index contributed by atoms with van der Waals surface area (Å²) in [6, 6.07) is 21.8. The molecule has 3 aromatic carbocycles. The van der Waals surface area contributed by atoms with Gasteiger partial charge in [-0.3, -0.25) is 19.7 Å². The molecule has 0 amide bonds. The molecule has 2 fully saturated rings. The van der Waals surface area contributed by atoms with Gasteiger partial charge in [0.05, 0.1) is 11.8 Å². The average Bonchev–Trinajstić information content (AvgIpc) is 3.34. The van der Waals surface area contributed by atoms with Gasteiger partial charge in [0.25, 0.3) is 0 Å². The molecule has 0 radical (unpaired) electrons. The summed E-state index contributed by atoms with van der Waals surface area (Å²) in [6.45, 7) is 3.53. The van der Waals surface area contributed by atoms with E-state index in [9.17, 15) is 14.4 Å². The molecule has 0 aliphatic carbocycles. The highest BCUT2D eigenvalue weighted by Gasteiger charge is 2.57. The zero-order chi connectivity index (χ0) is 25.8. The van der Waals surface area contributed by atoms with Gasteiger partial charge in [-0.05, 0) is 28.3 Å². The topological polar surface area (TPSA) is 90.9 Å². The third-order valence-electron chi connectivity index (χ3n) is 7.03. The van der Waals surface area contributed by atoms with Crippen LogP contribution in [0.4, 0.5) is 0 Å². The number of ketones is 1. The second-order valence-electron chi connectivity index (χ2n) is 9.35. The van der Waals surface area contributed by atoms with Crippen LogP contribution in [-0.4, -0.2) is 36.7 Å². The second-order valence-corrected chi connectivity index (χ2v) is 9.35. The summed E-state index contributed by atoms with van der Waals surface area (Å²) in [5, 5.41) is 5.38. The number of nitrogens with one attached hydrogen (secondary N) is 1. The fraction of sp³-hybridized carbons (Fsp3) is 0.300. The first-order valence-corrected chi connectivity index (χ1v) is 12.5. The van der Waals surface area contributed by atoms with E-state index in [4.69, 9.17) is 14.2 Å². The lowest BCUT2D eigenvalue weighted by atomic mass is 9.79. The minimum Gasteiger partial charge on any atom is -0.460 e. The van der Waals surface area contributed by atoms with Crippen molar-refractivity contribution in [3.05, 3.63) is 96.6 Å². The number of hydrogen-bond donors (Lipinski definition) is 1. The average molecular weight is 500 g/mol. The molecule has 3 aromatic rings. The summed E-state index contributed by atoms with van der Waals surface area (Å²) >= 11 is 0. The third kappa shape index (κ3) is 5.19. The van der Waals surface area contributed by atoms with Crippen molar-refractivity contribution >= 4 is 28.5 Å². The van der Waals surface area contributed by atoms with E-state index < -0.39 is 42.1 Å². The molecule has 7 heteroatoms. The molecule has 2 heterocycles. The van der Waals surface area contributed by atoms with E-state index >= 15 is 0 Å². The van der Waals surface area contributed by atoms with E-state index in [0.29, 0.717) is 6.42 Å². The Morgan fingerprint density at radius 3 is 2.59 bits per heavy atom. The summed E-state index contributed by atoms with van der Waals surface area (Å²) in [4.78, 5) is 39.2. The van der Waals surface area contributed by atoms with Gasteiger partial charge in [-0.2, -0.15) is 0 Å².